The first-order chi connectivity index (χ1) is 9.58. The molecule has 6 heteroatoms. The lowest BCUT2D eigenvalue weighted by Crippen LogP contribution is -2.18. The molecule has 0 saturated carbocycles. The van der Waals surface area contributed by atoms with E-state index < -0.39 is 4.92 Å². The minimum atomic E-state index is -0.401. The monoisotopic (exact) mass is 291 g/mol. The van der Waals surface area contributed by atoms with Crippen molar-refractivity contribution in [2.45, 2.75) is 19.5 Å². The topological polar surface area (TPSA) is 68.1 Å². The Morgan fingerprint density at radius 2 is 2.25 bits per heavy atom. The molecule has 0 amide bonds. The molecule has 1 aromatic carbocycles. The fourth-order valence-electron chi connectivity index (χ4n) is 1.89. The Labute approximate surface area is 121 Å². The normalized spacial score (nSPS) is 12.1. The molecule has 2 aromatic rings. The third kappa shape index (κ3) is 3.53. The van der Waals surface area contributed by atoms with E-state index in [-0.39, 0.29) is 11.7 Å². The number of halogens is 1. The van der Waals surface area contributed by atoms with Gasteiger partial charge in [-0.1, -0.05) is 17.7 Å². The molecule has 0 radical (unpaired) electrons. The summed E-state index contributed by atoms with van der Waals surface area (Å²) >= 11 is 5.89. The quantitative estimate of drug-likeness (QED) is 0.676. The molecule has 1 heterocycles. The van der Waals surface area contributed by atoms with Gasteiger partial charge < -0.3 is 5.32 Å². The van der Waals surface area contributed by atoms with Gasteiger partial charge in [-0.25, -0.2) is 0 Å². The Morgan fingerprint density at radius 1 is 1.45 bits per heavy atom. The second-order valence-corrected chi connectivity index (χ2v) is 4.86. The van der Waals surface area contributed by atoms with Gasteiger partial charge in [0, 0.05) is 41.6 Å². The lowest BCUT2D eigenvalue weighted by atomic mass is 10.1. The van der Waals surface area contributed by atoms with Crippen LogP contribution in [0.5, 0.6) is 0 Å². The molecule has 20 heavy (non-hydrogen) atoms. The summed E-state index contributed by atoms with van der Waals surface area (Å²) in [6.07, 6.45) is 3.47. The highest BCUT2D eigenvalue weighted by Crippen LogP contribution is 2.23. The van der Waals surface area contributed by atoms with Crippen molar-refractivity contribution in [3.05, 3.63) is 69.0 Å². The first-order valence-corrected chi connectivity index (χ1v) is 6.52. The van der Waals surface area contributed by atoms with Crippen LogP contribution in [0.3, 0.4) is 0 Å². The molecule has 1 atom stereocenters. The van der Waals surface area contributed by atoms with E-state index in [0.29, 0.717) is 17.1 Å². The second-order valence-electron chi connectivity index (χ2n) is 4.42. The number of benzene rings is 1. The van der Waals surface area contributed by atoms with Gasteiger partial charge in [-0.2, -0.15) is 0 Å². The van der Waals surface area contributed by atoms with Gasteiger partial charge in [-0.3, -0.25) is 15.1 Å². The van der Waals surface area contributed by atoms with E-state index in [1.165, 1.54) is 12.1 Å². The summed E-state index contributed by atoms with van der Waals surface area (Å²) in [4.78, 5) is 14.6. The van der Waals surface area contributed by atoms with Gasteiger partial charge in [0.1, 0.15) is 0 Å². The Morgan fingerprint density at radius 3 is 2.90 bits per heavy atom. The maximum Gasteiger partial charge on any atom is 0.273 e. The summed E-state index contributed by atoms with van der Waals surface area (Å²) in [5.41, 5.74) is 1.66. The molecular formula is C14H14ClN3O2. The van der Waals surface area contributed by atoms with E-state index in [9.17, 15) is 10.1 Å². The van der Waals surface area contributed by atoms with Crippen molar-refractivity contribution in [2.75, 3.05) is 0 Å². The van der Waals surface area contributed by atoms with Crippen LogP contribution in [0.15, 0.2) is 42.7 Å². The zero-order valence-electron chi connectivity index (χ0n) is 10.9. The minimum absolute atomic E-state index is 0.0438. The summed E-state index contributed by atoms with van der Waals surface area (Å²) < 4.78 is 0. The van der Waals surface area contributed by atoms with Gasteiger partial charge in [0.2, 0.25) is 0 Å². The van der Waals surface area contributed by atoms with Crippen LogP contribution in [0.25, 0.3) is 0 Å². The molecule has 0 saturated heterocycles. The summed E-state index contributed by atoms with van der Waals surface area (Å²) in [5.74, 6) is 0. The summed E-state index contributed by atoms with van der Waals surface area (Å²) in [7, 11) is 0. The van der Waals surface area contributed by atoms with E-state index in [2.05, 4.69) is 10.3 Å². The fourth-order valence-corrected chi connectivity index (χ4v) is 2.08. The standard InChI is InChI=1S/C14H14ClN3O2/c1-10(11-3-2-6-16-8-11)17-9-12-7-13(15)4-5-14(12)18(19)20/h2-8,10,17H,9H2,1H3. The molecular weight excluding hydrogens is 278 g/mol. The van der Waals surface area contributed by atoms with E-state index in [0.717, 1.165) is 5.56 Å². The molecule has 0 fully saturated rings. The zero-order valence-corrected chi connectivity index (χ0v) is 11.7. The third-order valence-corrected chi connectivity index (χ3v) is 3.26. The van der Waals surface area contributed by atoms with Gasteiger partial charge in [-0.15, -0.1) is 0 Å². The molecule has 1 N–H and O–H groups in total. The number of nitro benzene ring substituents is 1. The predicted octanol–water partition coefficient (Wildman–Crippen LogP) is 3.49. The fraction of sp³-hybridized carbons (Fsp3) is 0.214. The number of nitrogens with zero attached hydrogens (tertiary/aromatic N) is 2. The van der Waals surface area contributed by atoms with Crippen LogP contribution in [0.2, 0.25) is 5.02 Å². The molecule has 104 valence electrons. The molecule has 2 rings (SSSR count). The predicted molar refractivity (Wildman–Crippen MR) is 77.6 cm³/mol. The number of aromatic nitrogens is 1. The number of nitro groups is 1. The SMILES string of the molecule is CC(NCc1cc(Cl)ccc1[N+](=O)[O-])c1cccnc1. The molecule has 0 aliphatic rings. The molecule has 1 aromatic heterocycles. The second kappa shape index (κ2) is 6.45. The Hall–Kier alpha value is -1.98. The summed E-state index contributed by atoms with van der Waals surface area (Å²) in [6, 6.07) is 8.42. The van der Waals surface area contributed by atoms with Gasteiger partial charge >= 0.3 is 0 Å². The van der Waals surface area contributed by atoms with Crippen molar-refractivity contribution >= 4 is 17.3 Å². The summed E-state index contributed by atoms with van der Waals surface area (Å²) in [6.45, 7) is 2.35. The first-order valence-electron chi connectivity index (χ1n) is 6.14. The van der Waals surface area contributed by atoms with Crippen LogP contribution in [0, 0.1) is 10.1 Å². The van der Waals surface area contributed by atoms with Gasteiger partial charge in [-0.05, 0) is 30.7 Å². The van der Waals surface area contributed by atoms with Crippen molar-refractivity contribution < 1.29 is 4.92 Å². The van der Waals surface area contributed by atoms with Crippen LogP contribution in [-0.4, -0.2) is 9.91 Å². The number of rotatable bonds is 5. The zero-order chi connectivity index (χ0) is 14.5. The number of hydrogen-bond donors (Lipinski definition) is 1. The average Bonchev–Trinajstić information content (AvgIpc) is 2.45. The maximum atomic E-state index is 11.0. The van der Waals surface area contributed by atoms with Crippen molar-refractivity contribution in [1.82, 2.24) is 10.3 Å². The lowest BCUT2D eigenvalue weighted by molar-refractivity contribution is -0.385. The van der Waals surface area contributed by atoms with E-state index in [1.54, 1.807) is 18.5 Å². The summed E-state index contributed by atoms with van der Waals surface area (Å²) in [5, 5.41) is 14.7. The highest BCUT2D eigenvalue weighted by molar-refractivity contribution is 6.30. The highest BCUT2D eigenvalue weighted by Gasteiger charge is 2.14. The van der Waals surface area contributed by atoms with Crippen LogP contribution >= 0.6 is 11.6 Å². The number of nitrogens with one attached hydrogen (secondary N) is 1. The van der Waals surface area contributed by atoms with Gasteiger partial charge in [0.05, 0.1) is 4.92 Å². The first kappa shape index (κ1) is 14.4. The van der Waals surface area contributed by atoms with E-state index in [4.69, 9.17) is 11.6 Å². The van der Waals surface area contributed by atoms with Crippen LogP contribution < -0.4 is 5.32 Å². The van der Waals surface area contributed by atoms with Crippen molar-refractivity contribution in [2.24, 2.45) is 0 Å². The molecule has 0 spiro atoms. The highest BCUT2D eigenvalue weighted by atomic mass is 35.5. The maximum absolute atomic E-state index is 11.0. The smallest absolute Gasteiger partial charge is 0.273 e. The Kier molecular flexibility index (Phi) is 4.65. The number of pyridine rings is 1. The largest absolute Gasteiger partial charge is 0.306 e. The van der Waals surface area contributed by atoms with Gasteiger partial charge in [0.25, 0.3) is 5.69 Å². The Bertz CT molecular complexity index is 605. The molecule has 0 aliphatic heterocycles. The minimum Gasteiger partial charge on any atom is -0.306 e. The van der Waals surface area contributed by atoms with Crippen molar-refractivity contribution in [1.29, 1.82) is 0 Å². The van der Waals surface area contributed by atoms with Crippen molar-refractivity contribution in [3.63, 3.8) is 0 Å². The average molecular weight is 292 g/mol. The molecule has 0 bridgehead atoms. The molecule has 5 nitrogen and oxygen atoms in total. The van der Waals surface area contributed by atoms with Crippen LogP contribution in [0.4, 0.5) is 5.69 Å². The lowest BCUT2D eigenvalue weighted by Gasteiger charge is -2.14. The molecule has 1 unspecified atom stereocenters. The third-order valence-electron chi connectivity index (χ3n) is 3.02. The number of hydrogen-bond acceptors (Lipinski definition) is 4. The van der Waals surface area contributed by atoms with Crippen LogP contribution in [0.1, 0.15) is 24.1 Å². The Balaban J connectivity index is 2.11. The van der Waals surface area contributed by atoms with Crippen molar-refractivity contribution in [3.8, 4) is 0 Å². The molecule has 0 aliphatic carbocycles. The van der Waals surface area contributed by atoms with E-state index in [1.807, 2.05) is 19.1 Å². The van der Waals surface area contributed by atoms with Crippen LogP contribution in [-0.2, 0) is 6.54 Å². The van der Waals surface area contributed by atoms with Gasteiger partial charge in [0.15, 0.2) is 0 Å². The van der Waals surface area contributed by atoms with E-state index >= 15 is 0 Å².